The maximum Gasteiger partial charge on any atom is 0.323 e. The third-order valence-electron chi connectivity index (χ3n) is 3.01. The first-order valence-electron chi connectivity index (χ1n) is 6.56. The van der Waals surface area contributed by atoms with Gasteiger partial charge in [0.15, 0.2) is 5.41 Å². The molecule has 0 aliphatic carbocycles. The summed E-state index contributed by atoms with van der Waals surface area (Å²) in [6.45, 7) is 3.80. The summed E-state index contributed by atoms with van der Waals surface area (Å²) in [6, 6.07) is 0. The van der Waals surface area contributed by atoms with E-state index < -0.39 is 17.4 Å². The van der Waals surface area contributed by atoms with Crippen molar-refractivity contribution < 1.29 is 24.5 Å². The molecule has 106 valence electrons. The first-order chi connectivity index (χ1) is 8.55. The van der Waals surface area contributed by atoms with Crippen molar-refractivity contribution in [2.45, 2.75) is 52.4 Å². The van der Waals surface area contributed by atoms with Crippen LogP contribution in [0.2, 0.25) is 0 Å². The first-order valence-corrected chi connectivity index (χ1v) is 6.56. The number of carboxylic acid groups (broad SMARTS) is 1. The Hall–Kier alpha value is -1.10. The molecule has 0 aromatic rings. The zero-order valence-corrected chi connectivity index (χ0v) is 11.3. The molecule has 0 aliphatic rings. The molecule has 0 aromatic heterocycles. The fraction of sp³-hybridized carbons (Fsp3) is 0.846. The van der Waals surface area contributed by atoms with Crippen LogP contribution in [0, 0.1) is 5.41 Å². The first kappa shape index (κ1) is 16.9. The summed E-state index contributed by atoms with van der Waals surface area (Å²) in [7, 11) is 0. The molecule has 0 saturated heterocycles. The van der Waals surface area contributed by atoms with E-state index in [1.54, 1.807) is 6.92 Å². The number of unbranched alkanes of at least 4 members (excludes halogenated alkanes) is 2. The third kappa shape index (κ3) is 4.64. The highest BCUT2D eigenvalue weighted by atomic mass is 16.5. The van der Waals surface area contributed by atoms with Crippen LogP contribution >= 0.6 is 0 Å². The molecule has 0 heterocycles. The number of carbonyl (C=O) groups is 2. The second kappa shape index (κ2) is 8.91. The summed E-state index contributed by atoms with van der Waals surface area (Å²) in [5.41, 5.74) is -1.42. The van der Waals surface area contributed by atoms with Gasteiger partial charge in [0.1, 0.15) is 0 Å². The molecule has 0 saturated carbocycles. The Balaban J connectivity index is 4.74. The van der Waals surface area contributed by atoms with Gasteiger partial charge in [-0.2, -0.15) is 0 Å². The number of aliphatic hydroxyl groups excluding tert-OH is 1. The van der Waals surface area contributed by atoms with E-state index in [1.807, 2.05) is 6.92 Å². The van der Waals surface area contributed by atoms with Gasteiger partial charge in [-0.3, -0.25) is 9.59 Å². The number of aliphatic carboxylic acids is 1. The number of carboxylic acids is 1. The minimum absolute atomic E-state index is 0.0905. The predicted molar refractivity (Wildman–Crippen MR) is 67.2 cm³/mol. The molecule has 0 radical (unpaired) electrons. The van der Waals surface area contributed by atoms with Gasteiger partial charge in [-0.15, -0.1) is 0 Å². The summed E-state index contributed by atoms with van der Waals surface area (Å²) < 4.78 is 4.91. The van der Waals surface area contributed by atoms with Crippen LogP contribution in [-0.2, 0) is 14.3 Å². The second-order valence-corrected chi connectivity index (χ2v) is 4.39. The van der Waals surface area contributed by atoms with Crippen molar-refractivity contribution in [2.24, 2.45) is 5.41 Å². The summed E-state index contributed by atoms with van der Waals surface area (Å²) in [5, 5.41) is 18.1. The van der Waals surface area contributed by atoms with E-state index in [-0.39, 0.29) is 19.6 Å². The Labute approximate surface area is 108 Å². The normalized spacial score (nSPS) is 13.9. The Kier molecular flexibility index (Phi) is 8.37. The van der Waals surface area contributed by atoms with Crippen molar-refractivity contribution >= 4 is 11.9 Å². The van der Waals surface area contributed by atoms with E-state index >= 15 is 0 Å². The zero-order valence-electron chi connectivity index (χ0n) is 11.3. The molecule has 0 spiro atoms. The summed E-state index contributed by atoms with van der Waals surface area (Å²) >= 11 is 0. The SMILES string of the molecule is CCCC(CCCCCO)(C(=O)O)C(=O)OCC. The van der Waals surface area contributed by atoms with E-state index in [2.05, 4.69) is 0 Å². The lowest BCUT2D eigenvalue weighted by molar-refractivity contribution is -0.170. The van der Waals surface area contributed by atoms with E-state index in [4.69, 9.17) is 9.84 Å². The molecule has 0 fully saturated rings. The summed E-state index contributed by atoms with van der Waals surface area (Å²) in [5.74, 6) is -1.74. The molecular weight excluding hydrogens is 236 g/mol. The molecule has 0 bridgehead atoms. The quantitative estimate of drug-likeness (QED) is 0.356. The van der Waals surface area contributed by atoms with Crippen molar-refractivity contribution in [1.29, 1.82) is 0 Å². The second-order valence-electron chi connectivity index (χ2n) is 4.39. The van der Waals surface area contributed by atoms with E-state index in [9.17, 15) is 14.7 Å². The van der Waals surface area contributed by atoms with Crippen molar-refractivity contribution in [2.75, 3.05) is 13.2 Å². The van der Waals surface area contributed by atoms with Gasteiger partial charge in [0.25, 0.3) is 0 Å². The Bertz CT molecular complexity index is 264. The Morgan fingerprint density at radius 2 is 1.78 bits per heavy atom. The number of ether oxygens (including phenoxy) is 1. The maximum absolute atomic E-state index is 11.9. The standard InChI is InChI=1S/C13H24O5/c1-3-8-13(11(15)16,12(17)18-4-2)9-6-5-7-10-14/h14H,3-10H2,1-2H3,(H,15,16). The molecule has 0 amide bonds. The van der Waals surface area contributed by atoms with Gasteiger partial charge >= 0.3 is 11.9 Å². The highest BCUT2D eigenvalue weighted by Gasteiger charge is 2.46. The van der Waals surface area contributed by atoms with Gasteiger partial charge in [0.05, 0.1) is 6.61 Å². The molecule has 5 heteroatoms. The van der Waals surface area contributed by atoms with E-state index in [0.29, 0.717) is 32.1 Å². The van der Waals surface area contributed by atoms with Crippen LogP contribution in [0.15, 0.2) is 0 Å². The fourth-order valence-electron chi connectivity index (χ4n) is 2.04. The van der Waals surface area contributed by atoms with Crippen LogP contribution in [0.25, 0.3) is 0 Å². The van der Waals surface area contributed by atoms with Crippen LogP contribution in [0.4, 0.5) is 0 Å². The van der Waals surface area contributed by atoms with Crippen molar-refractivity contribution in [3.05, 3.63) is 0 Å². The number of esters is 1. The molecule has 5 nitrogen and oxygen atoms in total. The number of hydrogen-bond acceptors (Lipinski definition) is 4. The molecule has 0 aromatic carbocycles. The fourth-order valence-corrected chi connectivity index (χ4v) is 2.04. The molecule has 0 aliphatic heterocycles. The molecule has 0 rings (SSSR count). The van der Waals surface area contributed by atoms with Gasteiger partial charge in [-0.05, 0) is 26.2 Å². The van der Waals surface area contributed by atoms with Gasteiger partial charge in [0, 0.05) is 6.61 Å². The average Bonchev–Trinajstić information content (AvgIpc) is 2.33. The van der Waals surface area contributed by atoms with Crippen LogP contribution < -0.4 is 0 Å². The van der Waals surface area contributed by atoms with Gasteiger partial charge in [-0.1, -0.05) is 26.2 Å². The van der Waals surface area contributed by atoms with Crippen molar-refractivity contribution in [1.82, 2.24) is 0 Å². The number of carbonyl (C=O) groups excluding carboxylic acids is 1. The lowest BCUT2D eigenvalue weighted by Crippen LogP contribution is -2.40. The van der Waals surface area contributed by atoms with Crippen LogP contribution in [0.5, 0.6) is 0 Å². The third-order valence-corrected chi connectivity index (χ3v) is 3.01. The number of aliphatic hydroxyl groups is 1. The highest BCUT2D eigenvalue weighted by molar-refractivity contribution is 5.99. The number of rotatable bonds is 10. The summed E-state index contributed by atoms with van der Waals surface area (Å²) in [6.07, 6.45) is 3.13. The molecule has 1 atom stereocenters. The van der Waals surface area contributed by atoms with Crippen molar-refractivity contribution in [3.8, 4) is 0 Å². The van der Waals surface area contributed by atoms with E-state index in [0.717, 1.165) is 0 Å². The van der Waals surface area contributed by atoms with Crippen LogP contribution in [0.1, 0.15) is 52.4 Å². The lowest BCUT2D eigenvalue weighted by Gasteiger charge is -2.26. The van der Waals surface area contributed by atoms with Crippen LogP contribution in [0.3, 0.4) is 0 Å². The van der Waals surface area contributed by atoms with Gasteiger partial charge in [0.2, 0.25) is 0 Å². The Morgan fingerprint density at radius 3 is 2.22 bits per heavy atom. The minimum atomic E-state index is -1.42. The largest absolute Gasteiger partial charge is 0.480 e. The van der Waals surface area contributed by atoms with Crippen molar-refractivity contribution in [3.63, 3.8) is 0 Å². The molecule has 18 heavy (non-hydrogen) atoms. The van der Waals surface area contributed by atoms with Crippen LogP contribution in [-0.4, -0.2) is 35.4 Å². The number of hydrogen-bond donors (Lipinski definition) is 2. The smallest absolute Gasteiger partial charge is 0.323 e. The zero-order chi connectivity index (χ0) is 14.0. The molecule has 2 N–H and O–H groups in total. The topological polar surface area (TPSA) is 83.8 Å². The summed E-state index contributed by atoms with van der Waals surface area (Å²) in [4.78, 5) is 23.3. The highest BCUT2D eigenvalue weighted by Crippen LogP contribution is 2.33. The predicted octanol–water partition coefficient (Wildman–Crippen LogP) is 1.97. The van der Waals surface area contributed by atoms with Gasteiger partial charge < -0.3 is 14.9 Å². The molecular formula is C13H24O5. The van der Waals surface area contributed by atoms with Gasteiger partial charge in [-0.25, -0.2) is 0 Å². The molecule has 1 unspecified atom stereocenters. The maximum atomic E-state index is 11.9. The Morgan fingerprint density at radius 1 is 1.11 bits per heavy atom. The van der Waals surface area contributed by atoms with E-state index in [1.165, 1.54) is 0 Å². The average molecular weight is 260 g/mol. The minimum Gasteiger partial charge on any atom is -0.480 e. The lowest BCUT2D eigenvalue weighted by atomic mass is 9.78. The monoisotopic (exact) mass is 260 g/mol.